The van der Waals surface area contributed by atoms with E-state index in [4.69, 9.17) is 9.47 Å². The number of ether oxygens (including phenoxy) is 2. The average Bonchev–Trinajstić information content (AvgIpc) is 3.28. The van der Waals surface area contributed by atoms with Gasteiger partial charge in [-0.05, 0) is 12.8 Å². The zero-order chi connectivity index (χ0) is 44.9. The molecule has 0 aliphatic heterocycles. The molecule has 1 atom stereocenters. The van der Waals surface area contributed by atoms with Gasteiger partial charge in [0, 0.05) is 12.8 Å². The molecule has 370 valence electrons. The Bertz CT molecular complexity index is 860. The highest BCUT2D eigenvalue weighted by Crippen LogP contribution is 2.18. The minimum atomic E-state index is -0.762. The summed E-state index contributed by atoms with van der Waals surface area (Å²) in [5.74, 6) is -0.574. The second-order valence-corrected chi connectivity index (χ2v) is 19.7. The summed E-state index contributed by atoms with van der Waals surface area (Å²) in [6.45, 7) is 4.16. The van der Waals surface area contributed by atoms with Crippen molar-refractivity contribution in [1.29, 1.82) is 0 Å². The van der Waals surface area contributed by atoms with Crippen LogP contribution in [0.25, 0.3) is 0 Å². The van der Waals surface area contributed by atoms with Gasteiger partial charge in [-0.15, -0.1) is 0 Å². The van der Waals surface area contributed by atoms with Gasteiger partial charge in [0.2, 0.25) is 0 Å². The number of carbonyl (C=O) groups excluding carboxylic acids is 2. The number of aliphatic hydroxyl groups excluding tert-OH is 1. The summed E-state index contributed by atoms with van der Waals surface area (Å²) >= 11 is 0. The van der Waals surface area contributed by atoms with Crippen molar-refractivity contribution in [1.82, 2.24) is 0 Å². The number of unbranched alkanes of at least 4 members (excludes halogenated alkanes) is 46. The van der Waals surface area contributed by atoms with Gasteiger partial charge in [-0.25, -0.2) is 0 Å². The van der Waals surface area contributed by atoms with Gasteiger partial charge < -0.3 is 14.6 Å². The number of esters is 2. The van der Waals surface area contributed by atoms with Gasteiger partial charge in [-0.1, -0.05) is 309 Å². The van der Waals surface area contributed by atoms with E-state index in [0.717, 1.165) is 38.5 Å². The zero-order valence-electron chi connectivity index (χ0n) is 42.4. The molecule has 0 aromatic rings. The van der Waals surface area contributed by atoms with E-state index >= 15 is 0 Å². The van der Waals surface area contributed by atoms with Crippen LogP contribution in [0.4, 0.5) is 0 Å². The molecule has 0 aromatic heterocycles. The van der Waals surface area contributed by atoms with Gasteiger partial charge in [0.05, 0.1) is 6.61 Å². The average molecular weight is 878 g/mol. The van der Waals surface area contributed by atoms with E-state index in [1.54, 1.807) is 0 Å². The summed E-state index contributed by atoms with van der Waals surface area (Å²) in [6.07, 6.45) is 65.6. The van der Waals surface area contributed by atoms with Crippen LogP contribution in [0.1, 0.15) is 335 Å². The quantitative estimate of drug-likeness (QED) is 0.0487. The first kappa shape index (κ1) is 60.9. The zero-order valence-corrected chi connectivity index (χ0v) is 42.4. The fourth-order valence-corrected chi connectivity index (χ4v) is 9.09. The second-order valence-electron chi connectivity index (χ2n) is 19.7. The van der Waals surface area contributed by atoms with Crippen LogP contribution >= 0.6 is 0 Å². The normalized spacial score (nSPS) is 12.0. The van der Waals surface area contributed by atoms with Crippen molar-refractivity contribution in [2.24, 2.45) is 0 Å². The van der Waals surface area contributed by atoms with Crippen LogP contribution < -0.4 is 0 Å². The molecule has 0 rings (SSSR count). The molecule has 0 aliphatic rings. The molecular weight excluding hydrogens is 765 g/mol. The van der Waals surface area contributed by atoms with Crippen molar-refractivity contribution in [3.05, 3.63) is 0 Å². The molecular formula is C57H112O5. The molecule has 0 bridgehead atoms. The Kier molecular flexibility index (Phi) is 53.3. The smallest absolute Gasteiger partial charge is 0.306 e. The summed E-state index contributed by atoms with van der Waals surface area (Å²) < 4.78 is 10.6. The molecule has 1 N–H and O–H groups in total. The maximum Gasteiger partial charge on any atom is 0.306 e. The molecule has 5 heteroatoms. The van der Waals surface area contributed by atoms with Crippen LogP contribution in [0.2, 0.25) is 0 Å². The first-order valence-electron chi connectivity index (χ1n) is 28.6. The molecule has 0 saturated heterocycles. The van der Waals surface area contributed by atoms with Crippen LogP contribution in [-0.2, 0) is 19.1 Å². The summed E-state index contributed by atoms with van der Waals surface area (Å²) in [4.78, 5) is 24.3. The van der Waals surface area contributed by atoms with E-state index < -0.39 is 6.10 Å². The Morgan fingerprint density at radius 3 is 0.710 bits per heavy atom. The molecule has 0 spiro atoms. The van der Waals surface area contributed by atoms with Gasteiger partial charge in [-0.3, -0.25) is 9.59 Å². The summed E-state index contributed by atoms with van der Waals surface area (Å²) in [6, 6.07) is 0. The van der Waals surface area contributed by atoms with E-state index in [1.165, 1.54) is 270 Å². The minimum absolute atomic E-state index is 0.0573. The highest BCUT2D eigenvalue weighted by molar-refractivity contribution is 5.70. The molecule has 0 heterocycles. The minimum Gasteiger partial charge on any atom is -0.462 e. The van der Waals surface area contributed by atoms with Crippen LogP contribution in [0.5, 0.6) is 0 Å². The Labute approximate surface area is 389 Å². The first-order valence-corrected chi connectivity index (χ1v) is 28.6. The molecule has 0 aliphatic carbocycles. The van der Waals surface area contributed by atoms with Crippen molar-refractivity contribution < 1.29 is 24.2 Å². The Morgan fingerprint density at radius 2 is 0.500 bits per heavy atom. The number of hydrogen-bond donors (Lipinski definition) is 1. The molecule has 0 amide bonds. The van der Waals surface area contributed by atoms with Crippen molar-refractivity contribution >= 4 is 11.9 Å². The van der Waals surface area contributed by atoms with Crippen LogP contribution in [0.3, 0.4) is 0 Å². The molecule has 0 radical (unpaired) electrons. The monoisotopic (exact) mass is 877 g/mol. The number of rotatable bonds is 54. The number of aliphatic hydroxyl groups is 1. The molecule has 0 saturated carbocycles. The Hall–Kier alpha value is -1.10. The SMILES string of the molecule is CCCCCCCCCCCCCCCCCCCCCCCCCCCCCCCCCCCCCCCCCC(=O)OC(CO)COC(=O)CCCCCCCCCCC. The molecule has 0 fully saturated rings. The van der Waals surface area contributed by atoms with E-state index in [0.29, 0.717) is 12.8 Å². The summed E-state index contributed by atoms with van der Waals surface area (Å²) in [5.41, 5.74) is 0. The highest BCUT2D eigenvalue weighted by atomic mass is 16.6. The van der Waals surface area contributed by atoms with E-state index in [1.807, 2.05) is 0 Å². The first-order chi connectivity index (χ1) is 30.6. The van der Waals surface area contributed by atoms with E-state index in [-0.39, 0.29) is 25.2 Å². The lowest BCUT2D eigenvalue weighted by molar-refractivity contribution is -0.161. The number of carbonyl (C=O) groups is 2. The van der Waals surface area contributed by atoms with Crippen molar-refractivity contribution in [3.63, 3.8) is 0 Å². The van der Waals surface area contributed by atoms with E-state index in [2.05, 4.69) is 13.8 Å². The van der Waals surface area contributed by atoms with Gasteiger partial charge in [0.25, 0.3) is 0 Å². The summed E-state index contributed by atoms with van der Waals surface area (Å²) in [5, 5.41) is 9.58. The maximum absolute atomic E-state index is 12.2. The van der Waals surface area contributed by atoms with Crippen molar-refractivity contribution in [2.75, 3.05) is 13.2 Å². The van der Waals surface area contributed by atoms with Crippen molar-refractivity contribution in [2.45, 2.75) is 341 Å². The highest BCUT2D eigenvalue weighted by Gasteiger charge is 2.16. The molecule has 5 nitrogen and oxygen atoms in total. The third-order valence-corrected chi connectivity index (χ3v) is 13.4. The van der Waals surface area contributed by atoms with E-state index in [9.17, 15) is 14.7 Å². The largest absolute Gasteiger partial charge is 0.462 e. The third kappa shape index (κ3) is 51.5. The predicted octanol–water partition coefficient (Wildman–Crippen LogP) is 19.0. The Morgan fingerprint density at radius 1 is 0.306 bits per heavy atom. The lowest BCUT2D eigenvalue weighted by atomic mass is 10.0. The predicted molar refractivity (Wildman–Crippen MR) is 270 cm³/mol. The number of hydrogen-bond acceptors (Lipinski definition) is 5. The fourth-order valence-electron chi connectivity index (χ4n) is 9.09. The van der Waals surface area contributed by atoms with Crippen LogP contribution in [0, 0.1) is 0 Å². The van der Waals surface area contributed by atoms with Crippen molar-refractivity contribution in [3.8, 4) is 0 Å². The lowest BCUT2D eigenvalue weighted by Crippen LogP contribution is -2.28. The second kappa shape index (κ2) is 54.2. The molecule has 0 aromatic carbocycles. The maximum atomic E-state index is 12.2. The third-order valence-electron chi connectivity index (χ3n) is 13.4. The topological polar surface area (TPSA) is 72.8 Å². The lowest BCUT2D eigenvalue weighted by Gasteiger charge is -2.15. The van der Waals surface area contributed by atoms with Gasteiger partial charge in [0.1, 0.15) is 6.61 Å². The van der Waals surface area contributed by atoms with Gasteiger partial charge in [-0.2, -0.15) is 0 Å². The summed E-state index contributed by atoms with van der Waals surface area (Å²) in [7, 11) is 0. The standard InChI is InChI=1S/C57H112O5/c1-3-5-7-9-11-13-14-15-16-17-18-19-20-21-22-23-24-25-26-27-28-29-30-31-32-33-34-35-36-37-38-39-40-41-42-44-46-48-50-52-57(60)62-55(53-58)54-61-56(59)51-49-47-45-43-12-10-8-6-4-2/h55,58H,3-54H2,1-2H3. The van der Waals surface area contributed by atoms with Gasteiger partial charge in [0.15, 0.2) is 6.10 Å². The van der Waals surface area contributed by atoms with Crippen LogP contribution in [0.15, 0.2) is 0 Å². The fraction of sp³-hybridized carbons (Fsp3) is 0.965. The van der Waals surface area contributed by atoms with Crippen LogP contribution in [-0.4, -0.2) is 36.4 Å². The molecule has 1 unspecified atom stereocenters. The van der Waals surface area contributed by atoms with Gasteiger partial charge >= 0.3 is 11.9 Å². The molecule has 62 heavy (non-hydrogen) atoms. The Balaban J connectivity index is 3.28.